The van der Waals surface area contributed by atoms with Gasteiger partial charge in [0, 0.05) is 17.8 Å². The van der Waals surface area contributed by atoms with Gasteiger partial charge in [0.2, 0.25) is 0 Å². The normalized spacial score (nSPS) is 13.6. The molecule has 4 rings (SSSR count). The number of hydrogen-bond donors (Lipinski definition) is 0. The molecule has 0 saturated heterocycles. The highest BCUT2D eigenvalue weighted by Gasteiger charge is 2.31. The lowest BCUT2D eigenvalue weighted by Gasteiger charge is -2.30. The predicted octanol–water partition coefficient (Wildman–Crippen LogP) is 5.86. The molecular weight excluding hydrogens is 383 g/mol. The quantitative estimate of drug-likeness (QED) is 0.541. The van der Waals surface area contributed by atoms with E-state index < -0.39 is 0 Å². The van der Waals surface area contributed by atoms with Crippen molar-refractivity contribution in [2.24, 2.45) is 0 Å². The molecule has 3 aromatic rings. The van der Waals surface area contributed by atoms with Gasteiger partial charge in [0.05, 0.1) is 10.0 Å². The van der Waals surface area contributed by atoms with Crippen LogP contribution in [0.5, 0.6) is 0 Å². The summed E-state index contributed by atoms with van der Waals surface area (Å²) in [7, 11) is 0. The Labute approximate surface area is 167 Å². The monoisotopic (exact) mass is 400 g/mol. The van der Waals surface area contributed by atoms with Crippen LogP contribution in [-0.2, 0) is 6.42 Å². The van der Waals surface area contributed by atoms with E-state index in [9.17, 15) is 4.79 Å². The molecule has 0 fully saturated rings. The van der Waals surface area contributed by atoms with Gasteiger partial charge in [-0.25, -0.2) is 0 Å². The third-order valence-electron chi connectivity index (χ3n) is 4.87. The van der Waals surface area contributed by atoms with E-state index in [1.165, 1.54) is 11.1 Å². The van der Waals surface area contributed by atoms with Crippen LogP contribution < -0.4 is 4.90 Å². The Bertz CT molecular complexity index is 1020. The molecule has 0 bridgehead atoms. The second-order valence-corrected chi connectivity index (χ2v) is 7.57. The van der Waals surface area contributed by atoms with Crippen LogP contribution in [0.25, 0.3) is 11.3 Å². The van der Waals surface area contributed by atoms with Crippen molar-refractivity contribution in [1.29, 1.82) is 0 Å². The fraction of sp³-hybridized carbons (Fsp3) is 0.238. The van der Waals surface area contributed by atoms with Crippen molar-refractivity contribution in [1.82, 2.24) is 5.16 Å². The lowest BCUT2D eigenvalue weighted by Crippen LogP contribution is -2.36. The number of carbonyl (C=O) groups is 1. The van der Waals surface area contributed by atoms with E-state index in [2.05, 4.69) is 18.1 Å². The Morgan fingerprint density at radius 3 is 2.63 bits per heavy atom. The molecule has 0 spiro atoms. The molecule has 0 radical (unpaired) electrons. The first kappa shape index (κ1) is 18.1. The highest BCUT2D eigenvalue weighted by Crippen LogP contribution is 2.38. The number of aryl methyl sites for hydroxylation is 3. The third kappa shape index (κ3) is 3.13. The van der Waals surface area contributed by atoms with Crippen molar-refractivity contribution in [2.75, 3.05) is 11.4 Å². The molecule has 138 valence electrons. The van der Waals surface area contributed by atoms with Gasteiger partial charge in [-0.15, -0.1) is 0 Å². The summed E-state index contributed by atoms with van der Waals surface area (Å²) in [5.74, 6) is 0.301. The number of halogens is 2. The summed E-state index contributed by atoms with van der Waals surface area (Å²) in [6.45, 7) is 4.44. The van der Waals surface area contributed by atoms with Gasteiger partial charge in [0.25, 0.3) is 5.91 Å². The molecule has 1 amide bonds. The van der Waals surface area contributed by atoms with Gasteiger partial charge in [-0.3, -0.25) is 4.79 Å². The van der Waals surface area contributed by atoms with E-state index in [4.69, 9.17) is 27.7 Å². The Balaban J connectivity index is 1.83. The largest absolute Gasteiger partial charge is 0.360 e. The summed E-state index contributed by atoms with van der Waals surface area (Å²) in [5, 5.41) is 4.96. The zero-order valence-electron chi connectivity index (χ0n) is 15.1. The number of anilines is 1. The summed E-state index contributed by atoms with van der Waals surface area (Å²) in [6.07, 6.45) is 1.88. The standard InChI is InChI=1S/C21H18Cl2N2O2/c1-12-8-9-17-14(11-12)5-4-10-25(17)21(26)18-13(2)27-24-20(18)19-15(22)6-3-7-16(19)23/h3,6-9,11H,4-5,10H2,1-2H3. The first-order valence-corrected chi connectivity index (χ1v) is 9.55. The van der Waals surface area contributed by atoms with Crippen LogP contribution >= 0.6 is 23.2 Å². The molecule has 2 heterocycles. The Morgan fingerprint density at radius 1 is 1.15 bits per heavy atom. The molecule has 0 unspecified atom stereocenters. The number of rotatable bonds is 2. The third-order valence-corrected chi connectivity index (χ3v) is 5.50. The zero-order valence-corrected chi connectivity index (χ0v) is 16.6. The minimum absolute atomic E-state index is 0.149. The second-order valence-electron chi connectivity index (χ2n) is 6.75. The second kappa shape index (κ2) is 7.02. The number of aromatic nitrogens is 1. The van der Waals surface area contributed by atoms with E-state index in [1.54, 1.807) is 30.0 Å². The van der Waals surface area contributed by atoms with Gasteiger partial charge in [0.1, 0.15) is 17.0 Å². The van der Waals surface area contributed by atoms with Crippen LogP contribution in [0.4, 0.5) is 5.69 Å². The van der Waals surface area contributed by atoms with Crippen molar-refractivity contribution in [3.63, 3.8) is 0 Å². The molecule has 1 aromatic heterocycles. The van der Waals surface area contributed by atoms with Gasteiger partial charge >= 0.3 is 0 Å². The maximum atomic E-state index is 13.5. The van der Waals surface area contributed by atoms with Crippen LogP contribution in [0.1, 0.15) is 33.7 Å². The highest BCUT2D eigenvalue weighted by atomic mass is 35.5. The first-order chi connectivity index (χ1) is 13.0. The van der Waals surface area contributed by atoms with Gasteiger partial charge in [-0.1, -0.05) is 52.1 Å². The molecule has 1 aliphatic heterocycles. The maximum Gasteiger partial charge on any atom is 0.264 e. The number of benzene rings is 2. The Hall–Kier alpha value is -2.30. The van der Waals surface area contributed by atoms with Crippen molar-refractivity contribution in [3.05, 3.63) is 68.9 Å². The minimum Gasteiger partial charge on any atom is -0.360 e. The molecular formula is C21H18Cl2N2O2. The van der Waals surface area contributed by atoms with Crippen molar-refractivity contribution in [2.45, 2.75) is 26.7 Å². The summed E-state index contributed by atoms with van der Waals surface area (Å²) >= 11 is 12.7. The van der Waals surface area contributed by atoms with Crippen LogP contribution in [0.15, 0.2) is 40.9 Å². The van der Waals surface area contributed by atoms with E-state index in [1.807, 2.05) is 12.1 Å². The van der Waals surface area contributed by atoms with Crippen LogP contribution in [0.2, 0.25) is 10.0 Å². The van der Waals surface area contributed by atoms with E-state index in [-0.39, 0.29) is 5.91 Å². The first-order valence-electron chi connectivity index (χ1n) is 8.79. The van der Waals surface area contributed by atoms with Crippen molar-refractivity contribution >= 4 is 34.8 Å². The lowest BCUT2D eigenvalue weighted by molar-refractivity contribution is 0.0984. The summed E-state index contributed by atoms with van der Waals surface area (Å²) in [4.78, 5) is 15.3. The molecule has 4 nitrogen and oxygen atoms in total. The highest BCUT2D eigenvalue weighted by molar-refractivity contribution is 6.39. The average Bonchev–Trinajstić information content (AvgIpc) is 3.01. The summed E-state index contributed by atoms with van der Waals surface area (Å²) in [5.41, 5.74) is 4.61. The molecule has 0 aliphatic carbocycles. The summed E-state index contributed by atoms with van der Waals surface area (Å²) < 4.78 is 5.36. The minimum atomic E-state index is -0.149. The Kier molecular flexibility index (Phi) is 4.70. The van der Waals surface area contributed by atoms with E-state index >= 15 is 0 Å². The van der Waals surface area contributed by atoms with Gasteiger partial charge in [-0.2, -0.15) is 0 Å². The topological polar surface area (TPSA) is 46.3 Å². The van der Waals surface area contributed by atoms with Crippen molar-refractivity contribution in [3.8, 4) is 11.3 Å². The number of carbonyl (C=O) groups excluding carboxylic acids is 1. The van der Waals surface area contributed by atoms with E-state index in [0.717, 1.165) is 18.5 Å². The van der Waals surface area contributed by atoms with Crippen LogP contribution in [0, 0.1) is 13.8 Å². The molecule has 0 saturated carbocycles. The van der Waals surface area contributed by atoms with Gasteiger partial charge in [0.15, 0.2) is 0 Å². The number of amides is 1. The summed E-state index contributed by atoms with van der Waals surface area (Å²) in [6, 6.07) is 11.4. The predicted molar refractivity (Wildman–Crippen MR) is 108 cm³/mol. The van der Waals surface area contributed by atoms with Gasteiger partial charge < -0.3 is 9.42 Å². The molecule has 6 heteroatoms. The number of fused-ring (bicyclic) bond motifs is 1. The smallest absolute Gasteiger partial charge is 0.264 e. The van der Waals surface area contributed by atoms with Crippen molar-refractivity contribution < 1.29 is 9.32 Å². The fourth-order valence-corrected chi connectivity index (χ4v) is 4.17. The van der Waals surface area contributed by atoms with Crippen LogP contribution in [-0.4, -0.2) is 17.6 Å². The zero-order chi connectivity index (χ0) is 19.1. The van der Waals surface area contributed by atoms with Crippen LogP contribution in [0.3, 0.4) is 0 Å². The van der Waals surface area contributed by atoms with Gasteiger partial charge in [-0.05, 0) is 50.5 Å². The SMILES string of the molecule is Cc1ccc2c(c1)CCCN2C(=O)c1c(-c2c(Cl)cccc2Cl)noc1C. The fourth-order valence-electron chi connectivity index (χ4n) is 3.59. The molecule has 1 aliphatic rings. The number of nitrogens with zero attached hydrogens (tertiary/aromatic N) is 2. The number of hydrogen-bond acceptors (Lipinski definition) is 3. The molecule has 27 heavy (non-hydrogen) atoms. The molecule has 0 atom stereocenters. The maximum absolute atomic E-state index is 13.5. The Morgan fingerprint density at radius 2 is 1.89 bits per heavy atom. The molecule has 2 aromatic carbocycles. The van der Waals surface area contributed by atoms with E-state index in [0.29, 0.717) is 39.2 Å². The average molecular weight is 401 g/mol. The lowest BCUT2D eigenvalue weighted by atomic mass is 9.98. The molecule has 0 N–H and O–H groups in total.